The summed E-state index contributed by atoms with van der Waals surface area (Å²) in [5, 5.41) is 10.4. The van der Waals surface area contributed by atoms with E-state index in [1.807, 2.05) is 0 Å². The van der Waals surface area contributed by atoms with E-state index in [0.29, 0.717) is 18.5 Å². The van der Waals surface area contributed by atoms with Crippen molar-refractivity contribution in [3.8, 4) is 22.8 Å². The molecule has 3 N–H and O–H groups in total. The Morgan fingerprint density at radius 2 is 2.09 bits per heavy atom. The van der Waals surface area contributed by atoms with Crippen LogP contribution in [0.25, 0.3) is 11.3 Å². The standard InChI is InChI=1S/C14H16N2O6S/c1-9(17)21-13-11(18)12(10-3-5-15-6-4-10)22-14(13)16-7-2-8-23(16,19)20/h3-6,18-20H,2,7-8H2,1H3. The normalized spacial score (nSPS) is 18.0. The summed E-state index contributed by atoms with van der Waals surface area (Å²) >= 11 is 0. The molecular weight excluding hydrogens is 324 g/mol. The molecule has 3 heterocycles. The Morgan fingerprint density at radius 1 is 1.39 bits per heavy atom. The Hall–Kier alpha value is -2.23. The first kappa shape index (κ1) is 15.7. The fourth-order valence-electron chi connectivity index (χ4n) is 2.39. The van der Waals surface area contributed by atoms with Crippen molar-refractivity contribution in [2.24, 2.45) is 0 Å². The van der Waals surface area contributed by atoms with Crippen LogP contribution in [0.15, 0.2) is 28.9 Å². The number of carbonyl (C=O) groups is 1. The van der Waals surface area contributed by atoms with E-state index in [1.54, 1.807) is 12.1 Å². The van der Waals surface area contributed by atoms with E-state index in [4.69, 9.17) is 9.15 Å². The van der Waals surface area contributed by atoms with Crippen LogP contribution in [-0.4, -0.2) is 37.5 Å². The first-order valence-electron chi connectivity index (χ1n) is 6.88. The highest BCUT2D eigenvalue weighted by Gasteiger charge is 2.37. The SMILES string of the molecule is CC(=O)Oc1c(N2CCCS2(O)O)oc(-c2ccncc2)c1O. The van der Waals surface area contributed by atoms with E-state index in [0.717, 1.165) is 0 Å². The third kappa shape index (κ3) is 2.85. The lowest BCUT2D eigenvalue weighted by Gasteiger charge is -2.36. The fraction of sp³-hybridized carbons (Fsp3) is 0.286. The van der Waals surface area contributed by atoms with Crippen molar-refractivity contribution in [2.75, 3.05) is 16.6 Å². The number of pyridine rings is 1. The number of anilines is 1. The molecule has 0 atom stereocenters. The molecule has 0 bridgehead atoms. The van der Waals surface area contributed by atoms with E-state index in [9.17, 15) is 19.0 Å². The number of rotatable bonds is 3. The van der Waals surface area contributed by atoms with Gasteiger partial charge in [0, 0.05) is 31.4 Å². The molecule has 1 aliphatic rings. The minimum atomic E-state index is -3.06. The Kier molecular flexibility index (Phi) is 3.92. The van der Waals surface area contributed by atoms with Crippen molar-refractivity contribution in [3.05, 3.63) is 24.5 Å². The van der Waals surface area contributed by atoms with Gasteiger partial charge in [0.2, 0.25) is 11.5 Å². The van der Waals surface area contributed by atoms with Crippen LogP contribution in [0.4, 0.5) is 5.88 Å². The van der Waals surface area contributed by atoms with E-state index in [2.05, 4.69) is 4.98 Å². The van der Waals surface area contributed by atoms with Gasteiger partial charge in [-0.15, -0.1) is 10.8 Å². The largest absolute Gasteiger partial charge is 0.502 e. The van der Waals surface area contributed by atoms with Gasteiger partial charge in [0.15, 0.2) is 5.76 Å². The van der Waals surface area contributed by atoms with Gasteiger partial charge in [0.1, 0.15) is 0 Å². The molecule has 8 nitrogen and oxygen atoms in total. The smallest absolute Gasteiger partial charge is 0.308 e. The second kappa shape index (κ2) is 5.76. The predicted octanol–water partition coefficient (Wildman–Crippen LogP) is 2.85. The average molecular weight is 340 g/mol. The molecule has 1 saturated heterocycles. The summed E-state index contributed by atoms with van der Waals surface area (Å²) in [4.78, 5) is 15.2. The maximum atomic E-state index is 11.3. The summed E-state index contributed by atoms with van der Waals surface area (Å²) in [5.41, 5.74) is 0.521. The summed E-state index contributed by atoms with van der Waals surface area (Å²) in [7, 11) is -3.06. The van der Waals surface area contributed by atoms with E-state index >= 15 is 0 Å². The molecule has 0 spiro atoms. The minimum absolute atomic E-state index is 0.0676. The molecule has 0 aliphatic carbocycles. The van der Waals surface area contributed by atoms with E-state index < -0.39 is 16.7 Å². The van der Waals surface area contributed by atoms with Crippen LogP contribution in [0.3, 0.4) is 0 Å². The molecule has 0 amide bonds. The van der Waals surface area contributed by atoms with Gasteiger partial charge in [-0.2, -0.15) is 0 Å². The predicted molar refractivity (Wildman–Crippen MR) is 84.6 cm³/mol. The van der Waals surface area contributed by atoms with Crippen molar-refractivity contribution >= 4 is 22.6 Å². The number of furan rings is 1. The van der Waals surface area contributed by atoms with Crippen molar-refractivity contribution in [1.82, 2.24) is 4.98 Å². The first-order chi connectivity index (χ1) is 10.9. The van der Waals surface area contributed by atoms with Gasteiger partial charge in [-0.3, -0.25) is 18.9 Å². The summed E-state index contributed by atoms with van der Waals surface area (Å²) in [6.45, 7) is 1.50. The molecule has 0 unspecified atom stereocenters. The van der Waals surface area contributed by atoms with Crippen LogP contribution in [-0.2, 0) is 4.79 Å². The topological polar surface area (TPSA) is 116 Å². The number of aromatic nitrogens is 1. The highest BCUT2D eigenvalue weighted by molar-refractivity contribution is 8.25. The Labute approximate surface area is 133 Å². The minimum Gasteiger partial charge on any atom is -0.502 e. The van der Waals surface area contributed by atoms with Crippen molar-refractivity contribution in [3.63, 3.8) is 0 Å². The molecule has 0 radical (unpaired) electrons. The van der Waals surface area contributed by atoms with Crippen LogP contribution in [0, 0.1) is 0 Å². The van der Waals surface area contributed by atoms with Gasteiger partial charge >= 0.3 is 5.97 Å². The highest BCUT2D eigenvalue weighted by atomic mass is 32.3. The number of ether oxygens (including phenoxy) is 1. The summed E-state index contributed by atoms with van der Waals surface area (Å²) in [6, 6.07) is 3.23. The van der Waals surface area contributed by atoms with Crippen molar-refractivity contribution < 1.29 is 28.2 Å². The van der Waals surface area contributed by atoms with Gasteiger partial charge in [-0.1, -0.05) is 0 Å². The molecule has 1 aliphatic heterocycles. The fourth-order valence-corrected chi connectivity index (χ4v) is 3.93. The first-order valence-corrected chi connectivity index (χ1v) is 8.55. The van der Waals surface area contributed by atoms with E-state index in [1.165, 1.54) is 23.6 Å². The molecule has 124 valence electrons. The molecule has 9 heteroatoms. The maximum absolute atomic E-state index is 11.3. The lowest BCUT2D eigenvalue weighted by molar-refractivity contribution is -0.132. The lowest BCUT2D eigenvalue weighted by Crippen LogP contribution is -2.22. The Morgan fingerprint density at radius 3 is 2.65 bits per heavy atom. The third-order valence-corrected chi connectivity index (χ3v) is 5.26. The number of aromatic hydroxyl groups is 1. The number of carbonyl (C=O) groups excluding carboxylic acids is 1. The third-order valence-electron chi connectivity index (χ3n) is 3.37. The highest BCUT2D eigenvalue weighted by Crippen LogP contribution is 2.57. The molecule has 2 aromatic rings. The molecule has 0 aromatic carbocycles. The molecular formula is C14H16N2O6S. The zero-order chi connectivity index (χ0) is 16.6. The Balaban J connectivity index is 2.13. The van der Waals surface area contributed by atoms with Crippen LogP contribution in [0.1, 0.15) is 13.3 Å². The molecule has 23 heavy (non-hydrogen) atoms. The zero-order valence-electron chi connectivity index (χ0n) is 12.3. The lowest BCUT2D eigenvalue weighted by atomic mass is 10.2. The zero-order valence-corrected chi connectivity index (χ0v) is 13.1. The second-order valence-corrected chi connectivity index (χ2v) is 7.15. The maximum Gasteiger partial charge on any atom is 0.308 e. The van der Waals surface area contributed by atoms with Gasteiger partial charge in [0.05, 0.1) is 5.75 Å². The molecule has 1 fully saturated rings. The van der Waals surface area contributed by atoms with Crippen LogP contribution in [0.2, 0.25) is 0 Å². The van der Waals surface area contributed by atoms with Crippen LogP contribution >= 0.6 is 10.8 Å². The molecule has 0 saturated carbocycles. The Bertz CT molecular complexity index is 730. The molecule has 3 rings (SSSR count). The quantitative estimate of drug-likeness (QED) is 0.730. The average Bonchev–Trinajstić information content (AvgIpc) is 3.00. The van der Waals surface area contributed by atoms with Crippen LogP contribution in [0.5, 0.6) is 11.5 Å². The second-order valence-electron chi connectivity index (χ2n) is 5.04. The number of hydrogen-bond acceptors (Lipinski definition) is 8. The summed E-state index contributed by atoms with van der Waals surface area (Å²) in [6.07, 6.45) is 3.59. The number of hydrogen-bond donors (Lipinski definition) is 3. The van der Waals surface area contributed by atoms with Crippen molar-refractivity contribution in [2.45, 2.75) is 13.3 Å². The van der Waals surface area contributed by atoms with Crippen molar-refractivity contribution in [1.29, 1.82) is 0 Å². The molecule has 2 aromatic heterocycles. The number of esters is 1. The van der Waals surface area contributed by atoms with Gasteiger partial charge in [0.25, 0.3) is 5.88 Å². The van der Waals surface area contributed by atoms with E-state index in [-0.39, 0.29) is 28.9 Å². The van der Waals surface area contributed by atoms with Crippen LogP contribution < -0.4 is 9.04 Å². The summed E-state index contributed by atoms with van der Waals surface area (Å²) in [5.74, 6) is -1.05. The van der Waals surface area contributed by atoms with Gasteiger partial charge < -0.3 is 14.3 Å². The number of nitrogens with zero attached hydrogens (tertiary/aromatic N) is 2. The van der Waals surface area contributed by atoms with Gasteiger partial charge in [-0.05, 0) is 18.6 Å². The summed E-state index contributed by atoms with van der Waals surface area (Å²) < 4.78 is 32.1. The monoisotopic (exact) mass is 340 g/mol. The van der Waals surface area contributed by atoms with Gasteiger partial charge in [-0.25, -0.2) is 4.31 Å².